The Morgan fingerprint density at radius 3 is 1.28 bits per heavy atom. The van der Waals surface area contributed by atoms with Gasteiger partial charge in [0.25, 0.3) is 0 Å². The van der Waals surface area contributed by atoms with E-state index in [9.17, 15) is 0 Å². The van der Waals surface area contributed by atoms with Crippen LogP contribution < -0.4 is 4.90 Å². The number of hydrogen-bond acceptors (Lipinski definition) is 1. The highest BCUT2D eigenvalue weighted by atomic mass is 15.1. The highest BCUT2D eigenvalue weighted by Crippen LogP contribution is 2.64. The van der Waals surface area contributed by atoms with Crippen LogP contribution >= 0.6 is 0 Å². The first-order valence-electron chi connectivity index (χ1n) is 22.8. The van der Waals surface area contributed by atoms with Crippen LogP contribution in [-0.4, -0.2) is 0 Å². The maximum atomic E-state index is 2.51. The van der Waals surface area contributed by atoms with Crippen molar-refractivity contribution in [1.82, 2.24) is 0 Å². The van der Waals surface area contributed by atoms with Crippen LogP contribution in [0.2, 0.25) is 0 Å². The van der Waals surface area contributed by atoms with Gasteiger partial charge in [0.1, 0.15) is 0 Å². The fraction of sp³-hybridized carbons (Fsp3) is 0.0312. The van der Waals surface area contributed by atoms with E-state index in [1.807, 2.05) is 0 Å². The second kappa shape index (κ2) is 13.6. The topological polar surface area (TPSA) is 3.24 Å². The molecule has 1 spiro atoms. The van der Waals surface area contributed by atoms with E-state index in [1.54, 1.807) is 0 Å². The van der Waals surface area contributed by atoms with Crippen LogP contribution in [0, 0.1) is 0 Å². The minimum atomic E-state index is -0.475. The molecule has 0 saturated carbocycles. The van der Waals surface area contributed by atoms with Crippen molar-refractivity contribution in [3.63, 3.8) is 0 Å². The van der Waals surface area contributed by atoms with Crippen LogP contribution in [0.4, 0.5) is 17.1 Å². The van der Waals surface area contributed by atoms with Crippen molar-refractivity contribution in [2.24, 2.45) is 0 Å². The monoisotopic (exact) mass is 823 g/mol. The van der Waals surface area contributed by atoms with E-state index in [0.717, 1.165) is 17.1 Å². The molecule has 0 atom stereocenters. The summed E-state index contributed by atoms with van der Waals surface area (Å²) in [6.07, 6.45) is 0. The molecule has 0 amide bonds. The summed E-state index contributed by atoms with van der Waals surface area (Å²) in [6.45, 7) is 0. The molecule has 11 aromatic carbocycles. The van der Waals surface area contributed by atoms with Gasteiger partial charge in [-0.3, -0.25) is 0 Å². The molecule has 1 nitrogen and oxygen atoms in total. The third kappa shape index (κ3) is 4.82. The molecular formula is C64H41N. The lowest BCUT2D eigenvalue weighted by molar-refractivity contribution is 0.768. The molecule has 3 aliphatic carbocycles. The predicted octanol–water partition coefficient (Wildman–Crippen LogP) is 16.2. The van der Waals surface area contributed by atoms with E-state index in [1.165, 1.54) is 99.4 Å². The van der Waals surface area contributed by atoms with Gasteiger partial charge >= 0.3 is 0 Å². The van der Waals surface area contributed by atoms with Gasteiger partial charge in [0.15, 0.2) is 0 Å². The summed E-state index contributed by atoms with van der Waals surface area (Å²) in [4.78, 5) is 2.51. The quantitative estimate of drug-likeness (QED) is 0.156. The summed E-state index contributed by atoms with van der Waals surface area (Å²) >= 11 is 0. The van der Waals surface area contributed by atoms with Crippen LogP contribution in [0.25, 0.3) is 54.9 Å². The minimum Gasteiger partial charge on any atom is -0.310 e. The van der Waals surface area contributed by atoms with E-state index >= 15 is 0 Å². The first-order valence-corrected chi connectivity index (χ1v) is 22.8. The first-order chi connectivity index (χ1) is 32.2. The lowest BCUT2D eigenvalue weighted by atomic mass is 9.68. The summed E-state index contributed by atoms with van der Waals surface area (Å²) < 4.78 is 0. The molecule has 0 unspecified atom stereocenters. The number of rotatable bonds is 5. The molecule has 3 aliphatic rings. The van der Waals surface area contributed by atoms with Crippen molar-refractivity contribution in [2.45, 2.75) is 10.8 Å². The molecule has 302 valence electrons. The van der Waals surface area contributed by atoms with E-state index < -0.39 is 10.8 Å². The van der Waals surface area contributed by atoms with E-state index in [2.05, 4.69) is 254 Å². The average molecular weight is 824 g/mol. The second-order valence-electron chi connectivity index (χ2n) is 17.9. The molecule has 65 heavy (non-hydrogen) atoms. The van der Waals surface area contributed by atoms with E-state index in [0.29, 0.717) is 0 Å². The Kier molecular flexibility index (Phi) is 7.59. The lowest BCUT2D eigenvalue weighted by Gasteiger charge is -2.34. The Hall–Kier alpha value is -8.26. The molecular weight excluding hydrogens is 783 g/mol. The molecule has 0 radical (unpaired) electrons. The van der Waals surface area contributed by atoms with Gasteiger partial charge in [-0.15, -0.1) is 0 Å². The highest BCUT2D eigenvalue weighted by Gasteiger charge is 2.52. The number of hydrogen-bond donors (Lipinski definition) is 0. The van der Waals surface area contributed by atoms with Crippen molar-refractivity contribution < 1.29 is 0 Å². The molecule has 0 aromatic heterocycles. The fourth-order valence-corrected chi connectivity index (χ4v) is 12.4. The molecule has 0 N–H and O–H groups in total. The van der Waals surface area contributed by atoms with Gasteiger partial charge in [-0.2, -0.15) is 0 Å². The van der Waals surface area contributed by atoms with Gasteiger partial charge in [0, 0.05) is 17.1 Å². The van der Waals surface area contributed by atoms with Crippen LogP contribution in [-0.2, 0) is 10.8 Å². The zero-order valence-corrected chi connectivity index (χ0v) is 35.6. The largest absolute Gasteiger partial charge is 0.310 e. The van der Waals surface area contributed by atoms with Crippen molar-refractivity contribution in [2.75, 3.05) is 4.90 Å². The molecule has 0 aliphatic heterocycles. The van der Waals surface area contributed by atoms with Crippen LogP contribution in [0.1, 0.15) is 44.5 Å². The second-order valence-corrected chi connectivity index (χ2v) is 17.9. The summed E-state index contributed by atoms with van der Waals surface area (Å²) in [7, 11) is 0. The first kappa shape index (κ1) is 36.2. The van der Waals surface area contributed by atoms with Gasteiger partial charge in [-0.25, -0.2) is 0 Å². The van der Waals surface area contributed by atoms with Gasteiger partial charge < -0.3 is 4.90 Å². The maximum absolute atomic E-state index is 2.51. The zero-order chi connectivity index (χ0) is 42.7. The molecule has 0 saturated heterocycles. The zero-order valence-electron chi connectivity index (χ0n) is 35.6. The molecule has 1 heteroatoms. The number of benzene rings is 11. The van der Waals surface area contributed by atoms with E-state index in [4.69, 9.17) is 0 Å². The van der Waals surface area contributed by atoms with Crippen LogP contribution in [0.5, 0.6) is 0 Å². The fourth-order valence-electron chi connectivity index (χ4n) is 12.4. The Bertz CT molecular complexity index is 3630. The molecule has 0 fully saturated rings. The number of nitrogens with zero attached hydrogens (tertiary/aromatic N) is 1. The summed E-state index contributed by atoms with van der Waals surface area (Å²) in [5.41, 5.74) is 20.7. The Labute approximate surface area is 379 Å². The Morgan fingerprint density at radius 1 is 0.231 bits per heavy atom. The van der Waals surface area contributed by atoms with Crippen LogP contribution in [0.15, 0.2) is 249 Å². The third-order valence-electron chi connectivity index (χ3n) is 14.9. The van der Waals surface area contributed by atoms with Gasteiger partial charge in [0.2, 0.25) is 0 Å². The molecule has 0 bridgehead atoms. The Morgan fingerprint density at radius 2 is 0.646 bits per heavy atom. The van der Waals surface area contributed by atoms with Gasteiger partial charge in [-0.05, 0) is 136 Å². The SMILES string of the molecule is c1ccc(C2(c3ccccc3)c3ccccc3-c3cc(N(c4ccc5c(c4)C4(c6ccccc6-c6ccccc64)c4ccccc4-5)c4ccc5c(ccc6ccccc65)c4)ccc32)cc1. The predicted molar refractivity (Wildman–Crippen MR) is 270 cm³/mol. The van der Waals surface area contributed by atoms with Crippen molar-refractivity contribution in [3.05, 3.63) is 293 Å². The Balaban J connectivity index is 1.04. The van der Waals surface area contributed by atoms with Gasteiger partial charge in [0.05, 0.1) is 10.8 Å². The van der Waals surface area contributed by atoms with Crippen molar-refractivity contribution in [1.29, 1.82) is 0 Å². The number of fused-ring (bicyclic) bond motifs is 16. The third-order valence-corrected chi connectivity index (χ3v) is 14.9. The summed E-state index contributed by atoms with van der Waals surface area (Å²) in [6, 6.07) is 93.3. The molecule has 14 rings (SSSR count). The van der Waals surface area contributed by atoms with Crippen LogP contribution in [0.3, 0.4) is 0 Å². The smallest absolute Gasteiger partial charge is 0.0726 e. The van der Waals surface area contributed by atoms with E-state index in [-0.39, 0.29) is 0 Å². The standard InChI is InChI=1S/C64H41N/c1-3-18-44(19-4-1)63(45-20-5-2-6-21-45)57-27-13-12-26-54(57)56-40-47(35-38-61(56)63)65(46-33-36-50-43(39-46)32-31-42-17-7-8-22-49(42)50)48-34-37-55-53-25-11-16-30-60(53)64(62(55)41-48)58-28-14-9-23-51(58)52-24-10-15-29-59(52)64/h1-41H. The number of anilines is 3. The normalized spacial score (nSPS) is 14.1. The van der Waals surface area contributed by atoms with Gasteiger partial charge in [-0.1, -0.05) is 212 Å². The van der Waals surface area contributed by atoms with Crippen molar-refractivity contribution in [3.8, 4) is 33.4 Å². The maximum Gasteiger partial charge on any atom is 0.0726 e. The molecule has 11 aromatic rings. The summed E-state index contributed by atoms with van der Waals surface area (Å²) in [5.74, 6) is 0. The minimum absolute atomic E-state index is 0.453. The highest BCUT2D eigenvalue weighted by molar-refractivity contribution is 6.09. The molecule has 0 heterocycles. The van der Waals surface area contributed by atoms with Crippen molar-refractivity contribution >= 4 is 38.6 Å². The lowest BCUT2D eigenvalue weighted by Crippen LogP contribution is -2.28. The summed E-state index contributed by atoms with van der Waals surface area (Å²) in [5, 5.41) is 5.00. The average Bonchev–Trinajstić information content (AvgIpc) is 3.97.